The molecule has 2 rings (SSSR count). The van der Waals surface area contributed by atoms with E-state index in [4.69, 9.17) is 31.5 Å². The summed E-state index contributed by atoms with van der Waals surface area (Å²) in [4.78, 5) is 38.4. The highest BCUT2D eigenvalue weighted by Crippen LogP contribution is 2.26. The molecule has 1 saturated heterocycles. The Morgan fingerprint density at radius 2 is 1.95 bits per heavy atom. The molecule has 1 aliphatic heterocycles. The van der Waals surface area contributed by atoms with E-state index in [1.54, 1.807) is 6.07 Å². The van der Waals surface area contributed by atoms with Crippen LogP contribution in [0.25, 0.3) is 0 Å². The number of nitrogens with two attached hydrogens (primary N) is 1. The molecule has 2 radical (unpaired) electrons. The van der Waals surface area contributed by atoms with Crippen LogP contribution in [-0.2, 0) is 30.4 Å². The average molecular weight is 544 g/mol. The number of benzene rings is 1. The smallest absolute Gasteiger partial charge is 0.436 e. The summed E-state index contributed by atoms with van der Waals surface area (Å²) < 4.78 is 31.5. The van der Waals surface area contributed by atoms with Gasteiger partial charge < -0.3 is 44.1 Å². The Morgan fingerprint density at radius 3 is 2.68 bits per heavy atom. The predicted molar refractivity (Wildman–Crippen MR) is 128 cm³/mol. The first-order valence-corrected chi connectivity index (χ1v) is 11.8. The molecular weight excluding hydrogens is 515 g/mol. The minimum atomic E-state index is -1.20. The van der Waals surface area contributed by atoms with Crippen LogP contribution >= 0.6 is 12.1 Å². The number of ether oxygens (including phenoxy) is 5. The van der Waals surface area contributed by atoms with Crippen LogP contribution in [0.4, 0.5) is 9.59 Å². The zero-order valence-corrected chi connectivity index (χ0v) is 20.6. The highest BCUT2D eigenvalue weighted by atomic mass is 32.2. The Hall–Kier alpha value is -2.64. The molecule has 3 atom stereocenters. The van der Waals surface area contributed by atoms with Crippen LogP contribution in [0.3, 0.4) is 0 Å². The van der Waals surface area contributed by atoms with Crippen LogP contribution in [0.5, 0.6) is 5.75 Å². The molecule has 0 aromatic heterocycles. The van der Waals surface area contributed by atoms with Crippen molar-refractivity contribution in [2.75, 3.05) is 33.1 Å². The first-order chi connectivity index (χ1) is 17.8. The minimum Gasteiger partial charge on any atom is -0.470 e. The van der Waals surface area contributed by atoms with E-state index in [0.717, 1.165) is 12.1 Å². The van der Waals surface area contributed by atoms with E-state index in [-0.39, 0.29) is 50.7 Å². The van der Waals surface area contributed by atoms with Gasteiger partial charge in [0.25, 0.3) is 5.91 Å². The summed E-state index contributed by atoms with van der Waals surface area (Å²) in [6.45, 7) is 0.881. The number of carbonyl (C=O) groups is 3. The first-order valence-electron chi connectivity index (χ1n) is 11.0. The lowest BCUT2D eigenvalue weighted by Gasteiger charge is -2.30. The van der Waals surface area contributed by atoms with Crippen LogP contribution in [0.1, 0.15) is 28.8 Å². The van der Waals surface area contributed by atoms with Gasteiger partial charge >= 0.3 is 6.09 Å². The van der Waals surface area contributed by atoms with Gasteiger partial charge in [0.1, 0.15) is 19.1 Å². The van der Waals surface area contributed by atoms with Gasteiger partial charge in [-0.05, 0) is 17.7 Å². The van der Waals surface area contributed by atoms with Gasteiger partial charge in [-0.3, -0.25) is 14.3 Å². The molecule has 7 N–H and O–H groups in total. The summed E-state index contributed by atoms with van der Waals surface area (Å²) in [6.07, 6.45) is -3.66. The van der Waals surface area contributed by atoms with Gasteiger partial charge in [-0.25, -0.2) is 9.52 Å². The number of amides is 2. The third-order valence-electron chi connectivity index (χ3n) is 4.54. The van der Waals surface area contributed by atoms with E-state index >= 15 is 0 Å². The van der Waals surface area contributed by atoms with E-state index in [1.165, 1.54) is 12.1 Å². The number of nitrogens with one attached hydrogen (secondary N) is 3. The molecule has 1 fully saturated rings. The topological polar surface area (TPSA) is 209 Å². The van der Waals surface area contributed by atoms with Gasteiger partial charge in [0.15, 0.2) is 6.29 Å². The third kappa shape index (κ3) is 12.4. The highest BCUT2D eigenvalue weighted by molar-refractivity contribution is 7.96. The summed E-state index contributed by atoms with van der Waals surface area (Å²) in [5, 5.41) is 22.1. The maximum Gasteiger partial charge on any atom is 0.436 e. The third-order valence-corrected chi connectivity index (χ3v) is 5.16. The zero-order chi connectivity index (χ0) is 27.0. The second-order valence-corrected chi connectivity index (χ2v) is 8.07. The molecule has 17 heteroatoms. The SMILES string of the molecule is [B]C(=O)OCc1ccc(OC2CC(O)C[C@@H](O)O2)c(C(=O)NCOCCOCCNSNC(=O)ON)c1. The van der Waals surface area contributed by atoms with Gasteiger partial charge in [0, 0.05) is 31.5 Å². The number of aliphatic hydroxyl groups is 2. The van der Waals surface area contributed by atoms with E-state index in [0.29, 0.717) is 18.7 Å². The number of hydrogen-bond donors (Lipinski definition) is 6. The predicted octanol–water partition coefficient (Wildman–Crippen LogP) is -0.840. The van der Waals surface area contributed by atoms with Gasteiger partial charge in [-0.1, -0.05) is 6.07 Å². The Labute approximate surface area is 218 Å². The summed E-state index contributed by atoms with van der Waals surface area (Å²) in [5.41, 5.74) is 0.552. The second-order valence-electron chi connectivity index (χ2n) is 7.38. The Balaban J connectivity index is 1.79. The molecule has 204 valence electrons. The lowest BCUT2D eigenvalue weighted by Crippen LogP contribution is -2.39. The molecule has 37 heavy (non-hydrogen) atoms. The standard InChI is InChI=1S/C20H29BN4O11S/c21-19(29)33-10-12-1-2-15(34-17-9-13(26)8-16(27)35-17)14(7-12)18(28)23-11-32-6-5-31-4-3-24-37-25-20(30)36-22/h1-2,7,13,16-17,24,26-27H,3-6,8-11,22H2,(H,23,28)(H,25,30)/t13?,16-,17?/m0/s1. The summed E-state index contributed by atoms with van der Waals surface area (Å²) in [6, 6.07) is 4.48. The van der Waals surface area contributed by atoms with Crippen molar-refractivity contribution >= 4 is 37.8 Å². The largest absolute Gasteiger partial charge is 0.470 e. The van der Waals surface area contributed by atoms with Crippen molar-refractivity contribution in [2.24, 2.45) is 5.90 Å². The molecule has 0 bridgehead atoms. The Bertz CT molecular complexity index is 875. The van der Waals surface area contributed by atoms with Crippen LogP contribution < -0.4 is 25.4 Å². The summed E-state index contributed by atoms with van der Waals surface area (Å²) in [7, 11) is 5.00. The lowest BCUT2D eigenvalue weighted by atomic mass is 10.1. The van der Waals surface area contributed by atoms with E-state index in [9.17, 15) is 24.6 Å². The number of hydrogen-bond acceptors (Lipinski definition) is 14. The highest BCUT2D eigenvalue weighted by Gasteiger charge is 2.29. The fourth-order valence-electron chi connectivity index (χ4n) is 2.93. The maximum absolute atomic E-state index is 12.8. The van der Waals surface area contributed by atoms with Crippen molar-refractivity contribution in [1.82, 2.24) is 14.8 Å². The monoisotopic (exact) mass is 544 g/mol. The van der Waals surface area contributed by atoms with Crippen molar-refractivity contribution in [2.45, 2.75) is 38.1 Å². The van der Waals surface area contributed by atoms with Crippen LogP contribution in [-0.4, -0.2) is 87.7 Å². The lowest BCUT2D eigenvalue weighted by molar-refractivity contribution is -0.242. The molecule has 1 aliphatic rings. The van der Waals surface area contributed by atoms with Gasteiger partial charge in [0.05, 0.1) is 31.5 Å². The molecule has 2 unspecified atom stereocenters. The van der Waals surface area contributed by atoms with Gasteiger partial charge in [-0.2, -0.15) is 5.90 Å². The van der Waals surface area contributed by atoms with Crippen LogP contribution in [0.2, 0.25) is 0 Å². The normalized spacial score (nSPS) is 19.1. The molecule has 1 aromatic rings. The molecule has 0 saturated carbocycles. The van der Waals surface area contributed by atoms with Gasteiger partial charge in [0.2, 0.25) is 20.0 Å². The van der Waals surface area contributed by atoms with Crippen LogP contribution in [0, 0.1) is 0 Å². The first kappa shape index (κ1) is 30.6. The van der Waals surface area contributed by atoms with Crippen molar-refractivity contribution in [3.63, 3.8) is 0 Å². The number of carbonyl (C=O) groups excluding carboxylic acids is 3. The van der Waals surface area contributed by atoms with Crippen molar-refractivity contribution in [1.29, 1.82) is 0 Å². The molecule has 0 spiro atoms. The van der Waals surface area contributed by atoms with Gasteiger partial charge in [-0.15, -0.1) is 0 Å². The molecule has 2 amide bonds. The summed E-state index contributed by atoms with van der Waals surface area (Å²) in [5.74, 6) is 3.25. The maximum atomic E-state index is 12.8. The van der Waals surface area contributed by atoms with Crippen molar-refractivity contribution in [3.8, 4) is 5.75 Å². The van der Waals surface area contributed by atoms with E-state index in [2.05, 4.69) is 25.5 Å². The quantitative estimate of drug-likeness (QED) is 0.0523. The summed E-state index contributed by atoms with van der Waals surface area (Å²) >= 11 is 0.890. The fourth-order valence-corrected chi connectivity index (χ4v) is 3.32. The van der Waals surface area contributed by atoms with Crippen molar-refractivity contribution < 1.29 is 53.1 Å². The Kier molecular flexibility index (Phi) is 14.0. The van der Waals surface area contributed by atoms with E-state index in [1.807, 2.05) is 0 Å². The number of rotatable bonds is 15. The molecule has 15 nitrogen and oxygen atoms in total. The molecule has 0 aliphatic carbocycles. The van der Waals surface area contributed by atoms with Crippen LogP contribution in [0.15, 0.2) is 18.2 Å². The van der Waals surface area contributed by atoms with Crippen molar-refractivity contribution in [3.05, 3.63) is 29.3 Å². The molecule has 1 heterocycles. The molecular formula is C20H29BN4O11S. The average Bonchev–Trinajstić information content (AvgIpc) is 2.85. The number of aliphatic hydroxyl groups excluding tert-OH is 2. The fraction of sp³-hybridized carbons (Fsp3) is 0.550. The van der Waals surface area contributed by atoms with E-state index < -0.39 is 36.6 Å². The second kappa shape index (κ2) is 17.0. The Morgan fingerprint density at radius 1 is 1.16 bits per heavy atom. The minimum absolute atomic E-state index is 0.0512. The zero-order valence-electron chi connectivity index (χ0n) is 19.8. The molecule has 1 aromatic carbocycles.